The van der Waals surface area contributed by atoms with Crippen molar-refractivity contribution in [2.24, 2.45) is 23.7 Å². The molecule has 233 valence electrons. The molecule has 0 unspecified atom stereocenters. The Hall–Kier alpha value is -0.234. The van der Waals surface area contributed by atoms with Gasteiger partial charge in [-0.2, -0.15) is 0 Å². The molecule has 0 aromatic heterocycles. The molecule has 0 aromatic carbocycles. The molecule has 4 fully saturated rings. The molecule has 1 radical (unpaired) electrons. The molecule has 6 nitrogen and oxygen atoms in total. The maximum absolute atomic E-state index is 7.13. The summed E-state index contributed by atoms with van der Waals surface area (Å²) in [6.45, 7) is 18.1. The van der Waals surface area contributed by atoms with Gasteiger partial charge in [0.15, 0.2) is 0 Å². The number of hydrogen-bond donors (Lipinski definition) is 0. The van der Waals surface area contributed by atoms with E-state index in [1.807, 2.05) is 0 Å². The molecule has 0 atom stereocenters. The Morgan fingerprint density at radius 2 is 0.590 bits per heavy atom. The van der Waals surface area contributed by atoms with E-state index in [1.165, 1.54) is 87.9 Å². The molecule has 39 heavy (non-hydrogen) atoms. The van der Waals surface area contributed by atoms with Crippen molar-refractivity contribution in [1.82, 2.24) is 0 Å². The molecule has 0 aliphatic carbocycles. The van der Waals surface area contributed by atoms with E-state index in [0.29, 0.717) is 0 Å². The third-order valence-electron chi connectivity index (χ3n) is 7.87. The van der Waals surface area contributed by atoms with Gasteiger partial charge in [-0.05, 0) is 23.7 Å². The van der Waals surface area contributed by atoms with Gasteiger partial charge in [0.25, 0.3) is 0 Å². The van der Waals surface area contributed by atoms with Crippen LogP contribution in [-0.4, -0.2) is 52.4 Å². The number of rotatable bonds is 4. The Balaban J connectivity index is -0.000000412. The Kier molecular flexibility index (Phi) is 39.7. The van der Waals surface area contributed by atoms with Crippen LogP contribution in [0, 0.1) is 45.0 Å². The summed E-state index contributed by atoms with van der Waals surface area (Å²) in [5.41, 5.74) is 0. The van der Waals surface area contributed by atoms with Gasteiger partial charge in [-0.3, -0.25) is 0 Å². The molecule has 0 bridgehead atoms. The minimum absolute atomic E-state index is 0. The Morgan fingerprint density at radius 3 is 0.667 bits per heavy atom. The van der Waals surface area contributed by atoms with Crippen LogP contribution in [0.2, 0.25) is 0 Å². The molecular weight excluding hydrogens is 567 g/mol. The number of hydrogen-bond acceptors (Lipinski definition) is 4. The van der Waals surface area contributed by atoms with Crippen LogP contribution < -0.4 is 0 Å². The van der Waals surface area contributed by atoms with Crippen molar-refractivity contribution in [2.45, 2.75) is 105 Å². The Bertz CT molecular complexity index is 451. The van der Waals surface area contributed by atoms with Crippen LogP contribution in [0.25, 0.3) is 21.3 Å². The molecule has 0 amide bonds. The van der Waals surface area contributed by atoms with Gasteiger partial charge in [0, 0.05) is 16.8 Å². The number of piperidine rings is 4. The van der Waals surface area contributed by atoms with E-state index in [9.17, 15) is 0 Å². The summed E-state index contributed by atoms with van der Waals surface area (Å²) in [4.78, 5) is 0. The number of nitrogens with zero attached hydrogens (tertiary/aromatic N) is 6. The predicted molar refractivity (Wildman–Crippen MR) is 170 cm³/mol. The second-order valence-electron chi connectivity index (χ2n) is 10.3. The standard InChI is InChI=1S/4C7H14N.2CHNS.Co/c4*1-2-7-3-5-8-6-4-7;2*2-1-3;/h4*7H,2-6H2,1H3;2*3H;/q4*-1;;;/p-2. The molecule has 9 heteroatoms. The Labute approximate surface area is 264 Å². The fraction of sp³-hybridized carbons (Fsp3) is 0.933. The third kappa shape index (κ3) is 30.6. The SMILES string of the molecule is CCC1CC[N-]CC1.CCC1CC[N-]CC1.CCC1CC[N-]CC1.CCC1CC[N-]CC1.N#C[S-].N#C[S-].[Co]. The van der Waals surface area contributed by atoms with Crippen molar-refractivity contribution in [1.29, 1.82) is 10.5 Å². The average molecular weight is 624 g/mol. The summed E-state index contributed by atoms with van der Waals surface area (Å²) in [6, 6.07) is 0. The van der Waals surface area contributed by atoms with E-state index in [4.69, 9.17) is 10.5 Å². The van der Waals surface area contributed by atoms with E-state index in [0.717, 1.165) is 76.0 Å². The zero-order valence-corrected chi connectivity index (χ0v) is 28.0. The molecule has 4 aliphatic rings. The molecular formula is C30H56CoN6S2-6. The first-order chi connectivity index (χ1) is 18.6. The number of nitriles is 2. The molecule has 0 aromatic rings. The van der Waals surface area contributed by atoms with Crippen LogP contribution in [0.15, 0.2) is 0 Å². The van der Waals surface area contributed by atoms with Crippen molar-refractivity contribution in [3.63, 3.8) is 0 Å². The maximum atomic E-state index is 7.13. The fourth-order valence-electron chi connectivity index (χ4n) is 4.85. The van der Waals surface area contributed by atoms with Crippen LogP contribution in [0.3, 0.4) is 0 Å². The minimum atomic E-state index is 0. The van der Waals surface area contributed by atoms with Gasteiger partial charge in [0.2, 0.25) is 0 Å². The first kappa shape index (κ1) is 43.2. The second-order valence-corrected chi connectivity index (χ2v) is 10.6. The molecule has 0 spiro atoms. The van der Waals surface area contributed by atoms with Crippen molar-refractivity contribution in [2.75, 3.05) is 52.4 Å². The van der Waals surface area contributed by atoms with E-state index < -0.39 is 0 Å². The van der Waals surface area contributed by atoms with Crippen LogP contribution in [0.1, 0.15) is 105 Å². The quantitative estimate of drug-likeness (QED) is 0.231. The predicted octanol–water partition coefficient (Wildman–Crippen LogP) is 8.75. The van der Waals surface area contributed by atoms with Gasteiger partial charge < -0.3 is 46.5 Å². The summed E-state index contributed by atoms with van der Waals surface area (Å²) in [7, 11) is 0. The summed E-state index contributed by atoms with van der Waals surface area (Å²) < 4.78 is 0. The van der Waals surface area contributed by atoms with E-state index in [1.54, 1.807) is 0 Å². The van der Waals surface area contributed by atoms with Crippen LogP contribution in [-0.2, 0) is 42.0 Å². The van der Waals surface area contributed by atoms with E-state index in [2.05, 4.69) is 74.2 Å². The van der Waals surface area contributed by atoms with Gasteiger partial charge in [0.1, 0.15) is 0 Å². The molecule has 4 heterocycles. The molecule has 4 aliphatic heterocycles. The minimum Gasteiger partial charge on any atom is -0.696 e. The summed E-state index contributed by atoms with van der Waals surface area (Å²) in [5.74, 6) is 3.97. The summed E-state index contributed by atoms with van der Waals surface area (Å²) >= 11 is 7.40. The van der Waals surface area contributed by atoms with Crippen molar-refractivity contribution >= 4 is 25.3 Å². The number of thiocyanates is 2. The Morgan fingerprint density at radius 1 is 0.462 bits per heavy atom. The average Bonchev–Trinajstić information content (AvgIpc) is 3.00. The van der Waals surface area contributed by atoms with Crippen molar-refractivity contribution < 1.29 is 16.8 Å². The third-order valence-corrected chi connectivity index (χ3v) is 7.87. The second kappa shape index (κ2) is 35.8. The van der Waals surface area contributed by atoms with Crippen LogP contribution in [0.5, 0.6) is 0 Å². The van der Waals surface area contributed by atoms with Crippen LogP contribution >= 0.6 is 0 Å². The van der Waals surface area contributed by atoms with Gasteiger partial charge in [-0.25, -0.2) is 10.5 Å². The fourth-order valence-corrected chi connectivity index (χ4v) is 4.85. The largest absolute Gasteiger partial charge is 0.696 e. The smallest absolute Gasteiger partial charge is 0 e. The topological polar surface area (TPSA) is 104 Å². The monoisotopic (exact) mass is 623 g/mol. The maximum Gasteiger partial charge on any atom is 0 e. The first-order valence-corrected chi connectivity index (χ1v) is 15.9. The van der Waals surface area contributed by atoms with E-state index >= 15 is 0 Å². The van der Waals surface area contributed by atoms with Crippen LogP contribution in [0.4, 0.5) is 0 Å². The summed E-state index contributed by atoms with van der Waals surface area (Å²) in [6.07, 6.45) is 16.2. The zero-order valence-electron chi connectivity index (χ0n) is 25.3. The molecule has 0 saturated carbocycles. The van der Waals surface area contributed by atoms with E-state index in [-0.39, 0.29) is 16.8 Å². The molecule has 4 saturated heterocycles. The van der Waals surface area contributed by atoms with Gasteiger partial charge in [-0.15, -0.1) is 52.4 Å². The zero-order chi connectivity index (χ0) is 28.7. The molecule has 0 N–H and O–H groups in total. The van der Waals surface area contributed by atoms with Gasteiger partial charge in [-0.1, -0.05) is 116 Å². The van der Waals surface area contributed by atoms with Crippen molar-refractivity contribution in [3.8, 4) is 10.8 Å². The van der Waals surface area contributed by atoms with Gasteiger partial charge >= 0.3 is 0 Å². The molecule has 4 rings (SSSR count). The van der Waals surface area contributed by atoms with Crippen molar-refractivity contribution in [3.05, 3.63) is 21.3 Å². The van der Waals surface area contributed by atoms with Gasteiger partial charge in [0.05, 0.1) is 0 Å². The summed E-state index contributed by atoms with van der Waals surface area (Å²) in [5, 5.41) is 34.0. The normalized spacial score (nSPS) is 19.7. The first-order valence-electron chi connectivity index (χ1n) is 15.1.